The van der Waals surface area contributed by atoms with Gasteiger partial charge in [-0.3, -0.25) is 10.1 Å². The molecule has 0 aromatic heterocycles. The number of alkyl halides is 3. The Morgan fingerprint density at radius 3 is 2.30 bits per heavy atom. The zero-order valence-corrected chi connectivity index (χ0v) is 11.4. The molecule has 0 saturated heterocycles. The van der Waals surface area contributed by atoms with Gasteiger partial charge >= 0.3 is 5.51 Å². The predicted molar refractivity (Wildman–Crippen MR) is 62.8 cm³/mol. The fraction of sp³-hybridized carbons (Fsp3) is 0.125. The number of rotatable bonds is 3. The van der Waals surface area contributed by atoms with Gasteiger partial charge in [0.05, 0.1) is 4.92 Å². The lowest BCUT2D eigenvalue weighted by atomic mass is 10.2. The summed E-state index contributed by atoms with van der Waals surface area (Å²) in [5.74, 6) is 0. The number of nitriles is 1. The first-order valence-corrected chi connectivity index (χ1v) is 7.51. The maximum atomic E-state index is 12.3. The van der Waals surface area contributed by atoms with Crippen LogP contribution in [-0.4, -0.2) is 18.8 Å². The first-order valence-electron chi connectivity index (χ1n) is 4.38. The van der Waals surface area contributed by atoms with Crippen LogP contribution in [0.2, 0.25) is 0 Å². The molecule has 12 heteroatoms. The van der Waals surface area contributed by atoms with Crippen LogP contribution >= 0.6 is 22.4 Å². The molecule has 6 nitrogen and oxygen atoms in total. The van der Waals surface area contributed by atoms with E-state index in [0.717, 1.165) is 0 Å². The van der Waals surface area contributed by atoms with Crippen molar-refractivity contribution in [2.24, 2.45) is 0 Å². The number of halogens is 4. The summed E-state index contributed by atoms with van der Waals surface area (Å²) in [7, 11) is 0.301. The van der Waals surface area contributed by atoms with E-state index in [1.807, 2.05) is 0 Å². The molecule has 108 valence electrons. The van der Waals surface area contributed by atoms with Crippen LogP contribution < -0.4 is 0 Å². The first kappa shape index (κ1) is 16.5. The minimum absolute atomic E-state index is 0.328. The van der Waals surface area contributed by atoms with Gasteiger partial charge in [0.15, 0.2) is 0 Å². The summed E-state index contributed by atoms with van der Waals surface area (Å²) < 4.78 is 59.3. The Labute approximate surface area is 118 Å². The van der Waals surface area contributed by atoms with Crippen LogP contribution in [-0.2, 0) is 9.05 Å². The van der Waals surface area contributed by atoms with E-state index in [2.05, 4.69) is 0 Å². The van der Waals surface area contributed by atoms with Crippen molar-refractivity contribution in [3.63, 3.8) is 0 Å². The molecule has 0 aliphatic heterocycles. The van der Waals surface area contributed by atoms with E-state index in [-0.39, 0.29) is 0 Å². The standard InChI is InChI=1S/C8H2ClF3N2O4S2/c9-20(17,18)7-2-5(14(15)16)4(3-13)1-6(7)19-8(10,11)12/h1-2H. The van der Waals surface area contributed by atoms with Crippen LogP contribution in [0.4, 0.5) is 18.9 Å². The second-order valence-corrected chi connectivity index (χ2v) is 6.81. The maximum Gasteiger partial charge on any atom is 0.446 e. The molecule has 0 fully saturated rings. The number of benzene rings is 1. The third kappa shape index (κ3) is 3.99. The van der Waals surface area contributed by atoms with Crippen molar-refractivity contribution < 1.29 is 26.5 Å². The van der Waals surface area contributed by atoms with E-state index in [4.69, 9.17) is 15.9 Å². The first-order chi connectivity index (χ1) is 8.95. The monoisotopic (exact) mass is 346 g/mol. The normalized spacial score (nSPS) is 11.9. The minimum atomic E-state index is -4.85. The van der Waals surface area contributed by atoms with Gasteiger partial charge in [0.1, 0.15) is 16.5 Å². The molecule has 0 bridgehead atoms. The molecule has 1 rings (SSSR count). The van der Waals surface area contributed by atoms with Crippen molar-refractivity contribution in [3.8, 4) is 6.07 Å². The van der Waals surface area contributed by atoms with E-state index >= 15 is 0 Å². The Hall–Kier alpha value is -1.51. The molecule has 0 atom stereocenters. The summed E-state index contributed by atoms with van der Waals surface area (Å²) in [6, 6.07) is 2.11. The van der Waals surface area contributed by atoms with Crippen molar-refractivity contribution in [1.82, 2.24) is 0 Å². The zero-order valence-electron chi connectivity index (χ0n) is 9.01. The Morgan fingerprint density at radius 1 is 1.40 bits per heavy atom. The van der Waals surface area contributed by atoms with E-state index in [0.29, 0.717) is 12.1 Å². The van der Waals surface area contributed by atoms with Gasteiger partial charge in [-0.15, -0.1) is 0 Å². The van der Waals surface area contributed by atoms with Gasteiger partial charge in [0, 0.05) is 21.6 Å². The quantitative estimate of drug-likeness (QED) is 0.361. The van der Waals surface area contributed by atoms with Crippen LogP contribution in [0.25, 0.3) is 0 Å². The van der Waals surface area contributed by atoms with Crippen LogP contribution in [0.15, 0.2) is 21.9 Å². The van der Waals surface area contributed by atoms with Crippen LogP contribution in [0.5, 0.6) is 0 Å². The summed E-state index contributed by atoms with van der Waals surface area (Å²) >= 11 is -0.833. The predicted octanol–water partition coefficient (Wildman–Crippen LogP) is 3.01. The molecule has 0 heterocycles. The van der Waals surface area contributed by atoms with Gasteiger partial charge in [-0.05, 0) is 17.8 Å². The molecular formula is C8H2ClF3N2O4S2. The SMILES string of the molecule is N#Cc1cc(SC(F)(F)F)c(S(=O)(=O)Cl)cc1[N+](=O)[O-]. The number of hydrogen-bond acceptors (Lipinski definition) is 6. The zero-order chi connectivity index (χ0) is 15.7. The molecule has 0 radical (unpaired) electrons. The Morgan fingerprint density at radius 2 is 1.95 bits per heavy atom. The molecule has 0 N–H and O–H groups in total. The highest BCUT2D eigenvalue weighted by Gasteiger charge is 2.34. The van der Waals surface area contributed by atoms with Crippen molar-refractivity contribution in [2.75, 3.05) is 0 Å². The lowest BCUT2D eigenvalue weighted by Crippen LogP contribution is -2.04. The molecule has 0 saturated carbocycles. The summed E-state index contributed by atoms with van der Waals surface area (Å²) in [6.07, 6.45) is 0. The number of nitrogens with zero attached hydrogens (tertiary/aromatic N) is 2. The second kappa shape index (κ2) is 5.47. The highest BCUT2D eigenvalue weighted by atomic mass is 35.7. The fourth-order valence-electron chi connectivity index (χ4n) is 1.18. The molecule has 0 spiro atoms. The Bertz CT molecular complexity index is 712. The van der Waals surface area contributed by atoms with Gasteiger partial charge in [0.2, 0.25) is 0 Å². The number of nitro groups is 1. The van der Waals surface area contributed by atoms with Gasteiger partial charge in [0.25, 0.3) is 14.7 Å². The number of hydrogen-bond donors (Lipinski definition) is 0. The average Bonchev–Trinajstić information content (AvgIpc) is 2.24. The van der Waals surface area contributed by atoms with Gasteiger partial charge < -0.3 is 0 Å². The van der Waals surface area contributed by atoms with E-state index in [9.17, 15) is 31.7 Å². The number of thioether (sulfide) groups is 1. The van der Waals surface area contributed by atoms with Gasteiger partial charge in [-0.25, -0.2) is 8.42 Å². The van der Waals surface area contributed by atoms with Crippen molar-refractivity contribution in [2.45, 2.75) is 15.3 Å². The maximum absolute atomic E-state index is 12.3. The summed E-state index contributed by atoms with van der Waals surface area (Å²) in [4.78, 5) is 7.57. The van der Waals surface area contributed by atoms with Gasteiger partial charge in [-0.2, -0.15) is 18.4 Å². The smallest absolute Gasteiger partial charge is 0.258 e. The molecule has 20 heavy (non-hydrogen) atoms. The van der Waals surface area contributed by atoms with Gasteiger partial charge in [-0.1, -0.05) is 0 Å². The molecule has 0 amide bonds. The molecule has 0 aliphatic rings. The third-order valence-corrected chi connectivity index (χ3v) is 4.15. The third-order valence-electron chi connectivity index (χ3n) is 1.87. The summed E-state index contributed by atoms with van der Waals surface area (Å²) in [5.41, 5.74) is -6.50. The van der Waals surface area contributed by atoms with Crippen molar-refractivity contribution in [3.05, 3.63) is 27.8 Å². The van der Waals surface area contributed by atoms with E-state index in [1.54, 1.807) is 0 Å². The summed E-state index contributed by atoms with van der Waals surface area (Å²) in [6.45, 7) is 0. The molecule has 0 aliphatic carbocycles. The van der Waals surface area contributed by atoms with Crippen molar-refractivity contribution in [1.29, 1.82) is 5.26 Å². The molecule has 1 aromatic rings. The fourth-order valence-corrected chi connectivity index (χ4v) is 3.30. The van der Waals surface area contributed by atoms with Crippen LogP contribution in [0, 0.1) is 21.4 Å². The Kier molecular flexibility index (Phi) is 4.52. The highest BCUT2D eigenvalue weighted by Crippen LogP contribution is 2.42. The van der Waals surface area contributed by atoms with Crippen LogP contribution in [0.1, 0.15) is 5.56 Å². The van der Waals surface area contributed by atoms with E-state index in [1.165, 1.54) is 6.07 Å². The number of nitro benzene ring substituents is 1. The Balaban J connectivity index is 3.66. The summed E-state index contributed by atoms with van der Waals surface area (Å²) in [5, 5.41) is 19.3. The molecule has 0 unspecified atom stereocenters. The van der Waals surface area contributed by atoms with E-state index < -0.39 is 52.3 Å². The lowest BCUT2D eigenvalue weighted by molar-refractivity contribution is -0.385. The molecular weight excluding hydrogens is 345 g/mol. The topological polar surface area (TPSA) is 101 Å². The largest absolute Gasteiger partial charge is 0.446 e. The van der Waals surface area contributed by atoms with Crippen molar-refractivity contribution >= 4 is 37.2 Å². The lowest BCUT2D eigenvalue weighted by Gasteiger charge is -2.09. The van der Waals surface area contributed by atoms with Crippen LogP contribution in [0.3, 0.4) is 0 Å². The highest BCUT2D eigenvalue weighted by molar-refractivity contribution is 8.14. The average molecular weight is 347 g/mol. The second-order valence-electron chi connectivity index (χ2n) is 3.17. The molecule has 1 aromatic carbocycles. The minimum Gasteiger partial charge on any atom is -0.258 e.